The van der Waals surface area contributed by atoms with Crippen LogP contribution in [0.25, 0.3) is 0 Å². The molecule has 1 aromatic heterocycles. The van der Waals surface area contributed by atoms with Gasteiger partial charge >= 0.3 is 0 Å². The Labute approximate surface area is 91.1 Å². The van der Waals surface area contributed by atoms with E-state index in [0.717, 1.165) is 18.7 Å². The predicted molar refractivity (Wildman–Crippen MR) is 62.9 cm³/mol. The highest BCUT2D eigenvalue weighted by Crippen LogP contribution is 1.93. The van der Waals surface area contributed by atoms with Crippen molar-refractivity contribution in [3.8, 4) is 0 Å². The van der Waals surface area contributed by atoms with E-state index in [0.29, 0.717) is 12.5 Å². The van der Waals surface area contributed by atoms with E-state index in [1.54, 1.807) is 4.57 Å². The minimum absolute atomic E-state index is 0.122. The van der Waals surface area contributed by atoms with Crippen LogP contribution in [-0.4, -0.2) is 11.1 Å². The molecule has 1 N–H and O–H groups in total. The quantitative estimate of drug-likeness (QED) is 0.797. The zero-order valence-corrected chi connectivity index (χ0v) is 9.79. The molecule has 1 heterocycles. The van der Waals surface area contributed by atoms with Gasteiger partial charge in [0.2, 0.25) is 0 Å². The normalized spacial score (nSPS) is 10.9. The topological polar surface area (TPSA) is 34.0 Å². The van der Waals surface area contributed by atoms with Crippen LogP contribution in [0.2, 0.25) is 0 Å². The zero-order chi connectivity index (χ0) is 11.3. The summed E-state index contributed by atoms with van der Waals surface area (Å²) in [6.45, 7) is 8.63. The second-order valence-corrected chi connectivity index (χ2v) is 4.15. The first-order chi connectivity index (χ1) is 7.15. The lowest BCUT2D eigenvalue weighted by atomic mass is 10.2. The molecule has 3 heteroatoms. The molecule has 0 amide bonds. The van der Waals surface area contributed by atoms with E-state index in [4.69, 9.17) is 0 Å². The minimum Gasteiger partial charge on any atom is -0.316 e. The molecule has 15 heavy (non-hydrogen) atoms. The number of hydrogen-bond acceptors (Lipinski definition) is 2. The van der Waals surface area contributed by atoms with Crippen molar-refractivity contribution < 1.29 is 0 Å². The van der Waals surface area contributed by atoms with Gasteiger partial charge in [0.05, 0.1) is 0 Å². The van der Waals surface area contributed by atoms with Crippen LogP contribution in [0.4, 0.5) is 0 Å². The molecule has 0 saturated heterocycles. The summed E-state index contributed by atoms with van der Waals surface area (Å²) in [6.07, 6.45) is 1.83. The van der Waals surface area contributed by atoms with Gasteiger partial charge < -0.3 is 9.88 Å². The second-order valence-electron chi connectivity index (χ2n) is 4.15. The van der Waals surface area contributed by atoms with Crippen LogP contribution < -0.4 is 10.9 Å². The van der Waals surface area contributed by atoms with Gasteiger partial charge in [-0.2, -0.15) is 0 Å². The Bertz CT molecular complexity index is 355. The van der Waals surface area contributed by atoms with E-state index in [1.165, 1.54) is 0 Å². The van der Waals surface area contributed by atoms with Crippen LogP contribution in [-0.2, 0) is 13.1 Å². The molecule has 0 spiro atoms. The average molecular weight is 208 g/mol. The fourth-order valence-electron chi connectivity index (χ4n) is 1.47. The number of nitrogens with zero attached hydrogens (tertiary/aromatic N) is 1. The van der Waals surface area contributed by atoms with Crippen LogP contribution in [0.3, 0.4) is 0 Å². The Morgan fingerprint density at radius 3 is 2.80 bits per heavy atom. The average Bonchev–Trinajstić information content (AvgIpc) is 2.20. The Kier molecular flexibility index (Phi) is 4.56. The third-order valence-corrected chi connectivity index (χ3v) is 2.31. The summed E-state index contributed by atoms with van der Waals surface area (Å²) in [6, 6.07) is 3.82. The van der Waals surface area contributed by atoms with Crippen molar-refractivity contribution in [2.45, 2.75) is 33.9 Å². The van der Waals surface area contributed by atoms with Gasteiger partial charge in [-0.05, 0) is 25.5 Å². The number of aromatic nitrogens is 1. The van der Waals surface area contributed by atoms with E-state index >= 15 is 0 Å². The summed E-state index contributed by atoms with van der Waals surface area (Å²) in [4.78, 5) is 11.8. The third kappa shape index (κ3) is 3.51. The van der Waals surface area contributed by atoms with Gasteiger partial charge in [-0.15, -0.1) is 0 Å². The van der Waals surface area contributed by atoms with Gasteiger partial charge in [-0.1, -0.05) is 19.9 Å². The smallest absolute Gasteiger partial charge is 0.255 e. The Morgan fingerprint density at radius 1 is 1.47 bits per heavy atom. The second kappa shape index (κ2) is 5.71. The van der Waals surface area contributed by atoms with E-state index in [-0.39, 0.29) is 5.56 Å². The first kappa shape index (κ1) is 12.0. The highest BCUT2D eigenvalue weighted by atomic mass is 16.1. The lowest BCUT2D eigenvalue weighted by Gasteiger charge is -2.08. The predicted octanol–water partition coefficient (Wildman–Crippen LogP) is 1.61. The van der Waals surface area contributed by atoms with Crippen molar-refractivity contribution >= 4 is 0 Å². The molecule has 0 aliphatic carbocycles. The summed E-state index contributed by atoms with van der Waals surface area (Å²) in [5, 5.41) is 3.28. The summed E-state index contributed by atoms with van der Waals surface area (Å²) in [5.74, 6) is 0.613. The first-order valence-electron chi connectivity index (χ1n) is 5.54. The van der Waals surface area contributed by atoms with Crippen LogP contribution in [0, 0.1) is 5.92 Å². The minimum atomic E-state index is 0.122. The number of aryl methyl sites for hydroxylation is 1. The van der Waals surface area contributed by atoms with Crippen molar-refractivity contribution in [3.63, 3.8) is 0 Å². The molecule has 84 valence electrons. The number of hydrogen-bond donors (Lipinski definition) is 1. The van der Waals surface area contributed by atoms with Crippen molar-refractivity contribution in [1.29, 1.82) is 0 Å². The Morgan fingerprint density at radius 2 is 2.20 bits per heavy atom. The van der Waals surface area contributed by atoms with Crippen LogP contribution in [0.15, 0.2) is 23.1 Å². The molecule has 0 radical (unpaired) electrons. The van der Waals surface area contributed by atoms with E-state index in [9.17, 15) is 4.79 Å². The summed E-state index contributed by atoms with van der Waals surface area (Å²) >= 11 is 0. The molecular formula is C12H20N2O. The van der Waals surface area contributed by atoms with Crippen LogP contribution in [0.1, 0.15) is 26.3 Å². The lowest BCUT2D eigenvalue weighted by Crippen LogP contribution is -2.27. The van der Waals surface area contributed by atoms with E-state index in [1.807, 2.05) is 25.3 Å². The molecule has 0 fully saturated rings. The molecule has 0 unspecified atom stereocenters. The highest BCUT2D eigenvalue weighted by molar-refractivity contribution is 5.10. The maximum atomic E-state index is 11.8. The molecule has 3 nitrogen and oxygen atoms in total. The molecule has 0 saturated carbocycles. The van der Waals surface area contributed by atoms with Crippen LogP contribution in [0.5, 0.6) is 0 Å². The molecule has 0 aliphatic rings. The molecule has 0 atom stereocenters. The molecule has 0 aliphatic heterocycles. The highest BCUT2D eigenvalue weighted by Gasteiger charge is 2.01. The Hall–Kier alpha value is -1.09. The Balaban J connectivity index is 2.65. The molecule has 0 bridgehead atoms. The lowest BCUT2D eigenvalue weighted by molar-refractivity contribution is 0.548. The zero-order valence-electron chi connectivity index (χ0n) is 9.79. The molecule has 1 aromatic rings. The number of pyridine rings is 1. The largest absolute Gasteiger partial charge is 0.316 e. The van der Waals surface area contributed by atoms with Gasteiger partial charge in [-0.25, -0.2) is 0 Å². The fourth-order valence-corrected chi connectivity index (χ4v) is 1.47. The first-order valence-corrected chi connectivity index (χ1v) is 5.54. The molecule has 1 rings (SSSR count). The summed E-state index contributed by atoms with van der Waals surface area (Å²) < 4.78 is 1.73. The van der Waals surface area contributed by atoms with Crippen LogP contribution >= 0.6 is 0 Å². The summed E-state index contributed by atoms with van der Waals surface area (Å²) in [5.41, 5.74) is 0.969. The number of nitrogens with one attached hydrogen (secondary N) is 1. The van der Waals surface area contributed by atoms with Gasteiger partial charge in [0.25, 0.3) is 5.56 Å². The van der Waals surface area contributed by atoms with Gasteiger partial charge in [0.15, 0.2) is 0 Å². The maximum absolute atomic E-state index is 11.8. The van der Waals surface area contributed by atoms with Crippen molar-refractivity contribution in [2.75, 3.05) is 6.54 Å². The van der Waals surface area contributed by atoms with Crippen molar-refractivity contribution in [2.24, 2.45) is 5.92 Å². The van der Waals surface area contributed by atoms with E-state index in [2.05, 4.69) is 19.2 Å². The molecule has 0 aromatic carbocycles. The number of rotatable bonds is 5. The van der Waals surface area contributed by atoms with E-state index < -0.39 is 0 Å². The van der Waals surface area contributed by atoms with Gasteiger partial charge in [-0.3, -0.25) is 4.79 Å². The van der Waals surface area contributed by atoms with Gasteiger partial charge in [0, 0.05) is 24.8 Å². The third-order valence-electron chi connectivity index (χ3n) is 2.31. The van der Waals surface area contributed by atoms with Gasteiger partial charge in [0.1, 0.15) is 0 Å². The SMILES string of the molecule is CCn1cccc(CNCC(C)C)c1=O. The van der Waals surface area contributed by atoms with Crippen molar-refractivity contribution in [3.05, 3.63) is 34.2 Å². The summed E-state index contributed by atoms with van der Waals surface area (Å²) in [7, 11) is 0. The molecular weight excluding hydrogens is 188 g/mol. The standard InChI is InChI=1S/C12H20N2O/c1-4-14-7-5-6-11(12(14)15)9-13-8-10(2)3/h5-7,10,13H,4,8-9H2,1-3H3. The maximum Gasteiger partial charge on any atom is 0.255 e. The monoisotopic (exact) mass is 208 g/mol. The van der Waals surface area contributed by atoms with Crippen molar-refractivity contribution in [1.82, 2.24) is 9.88 Å². The fraction of sp³-hybridized carbons (Fsp3) is 0.583.